The second kappa shape index (κ2) is 77.4. The van der Waals surface area contributed by atoms with Crippen LogP contribution in [0.5, 0.6) is 0 Å². The van der Waals surface area contributed by atoms with Gasteiger partial charge in [-0.05, 0) is 122 Å². The first kappa shape index (κ1) is 100. The number of ether oxygens (including phenoxy) is 4. The monoisotopic (exact) mass is 1510 g/mol. The Morgan fingerprint density at radius 3 is 0.788 bits per heavy atom. The molecule has 0 saturated heterocycles. The lowest BCUT2D eigenvalue weighted by Gasteiger charge is -2.21. The number of hydrogen-bond donors (Lipinski definition) is 3. The van der Waals surface area contributed by atoms with Gasteiger partial charge in [-0.1, -0.05) is 312 Å². The third-order valence-corrected chi connectivity index (χ3v) is 19.7. The van der Waals surface area contributed by atoms with Crippen molar-refractivity contribution in [3.05, 3.63) is 85.1 Å². The summed E-state index contributed by atoms with van der Waals surface area (Å²) < 4.78 is 68.7. The summed E-state index contributed by atoms with van der Waals surface area (Å²) >= 11 is 0. The minimum Gasteiger partial charge on any atom is -0.462 e. The Morgan fingerprint density at radius 1 is 0.279 bits per heavy atom. The number of hydrogen-bond acceptors (Lipinski definition) is 15. The van der Waals surface area contributed by atoms with E-state index in [9.17, 15) is 43.2 Å². The van der Waals surface area contributed by atoms with Crippen LogP contribution in [0.4, 0.5) is 0 Å². The van der Waals surface area contributed by atoms with Crippen LogP contribution in [-0.4, -0.2) is 96.7 Å². The molecule has 0 aromatic heterocycles. The Bertz CT molecular complexity index is 2300. The van der Waals surface area contributed by atoms with Gasteiger partial charge in [0.15, 0.2) is 12.2 Å². The van der Waals surface area contributed by atoms with Gasteiger partial charge in [-0.3, -0.25) is 37.3 Å². The van der Waals surface area contributed by atoms with E-state index in [1.807, 2.05) is 0 Å². The zero-order chi connectivity index (χ0) is 76.0. The smallest absolute Gasteiger partial charge is 0.462 e. The van der Waals surface area contributed by atoms with Gasteiger partial charge in [-0.2, -0.15) is 0 Å². The van der Waals surface area contributed by atoms with Crippen molar-refractivity contribution < 1.29 is 80.2 Å². The molecule has 0 saturated carbocycles. The summed E-state index contributed by atoms with van der Waals surface area (Å²) in [6, 6.07) is 0. The van der Waals surface area contributed by atoms with Gasteiger partial charge < -0.3 is 33.8 Å². The van der Waals surface area contributed by atoms with Gasteiger partial charge in [0, 0.05) is 25.7 Å². The lowest BCUT2D eigenvalue weighted by molar-refractivity contribution is -0.161. The normalized spacial score (nSPS) is 14.3. The zero-order valence-corrected chi connectivity index (χ0v) is 68.0. The molecule has 0 rings (SSSR count). The number of rotatable bonds is 79. The van der Waals surface area contributed by atoms with Gasteiger partial charge >= 0.3 is 39.5 Å². The summed E-state index contributed by atoms with van der Waals surface area (Å²) in [6.07, 6.45) is 81.2. The van der Waals surface area contributed by atoms with Crippen molar-refractivity contribution in [2.24, 2.45) is 0 Å². The van der Waals surface area contributed by atoms with Gasteiger partial charge in [-0.15, -0.1) is 0 Å². The molecule has 0 aromatic carbocycles. The number of unbranched alkanes of at least 4 members (excludes halogenated alkanes) is 39. The summed E-state index contributed by atoms with van der Waals surface area (Å²) in [4.78, 5) is 73.1. The standard InChI is InChI=1S/C85H152O17P2/c1-5-9-13-17-21-25-29-33-37-38-39-40-44-48-52-56-60-64-68-72-85(90)102-81(76-96-83(88)70-66-62-58-54-50-46-42-35-31-27-23-19-15-11-7-3)78-100-104(93,94)98-74-79(86)73-97-103(91,92)99-77-80(101-84(89)71-67-63-59-55-51-47-43-36-32-28-24-20-16-12-8-4)75-95-82(87)69-65-61-57-53-49-45-41-34-30-26-22-18-14-10-6-2/h9,13,21,25,33-35,37,39-42,48,52,79-81,86H,5-8,10-12,14-20,22-24,26-32,36,38,43-47,49-51,53-78H2,1-4H3,(H,91,92)(H,93,94)/b13-9-,25-21-,37-33-,40-39-,41-34-,42-35-,52-48-/t79-,80+,81+/m0/s1. The molecule has 0 aliphatic heterocycles. The number of allylic oxidation sites excluding steroid dienone is 14. The fraction of sp³-hybridized carbons (Fsp3) is 0.788. The maximum Gasteiger partial charge on any atom is 0.472 e. The second-order valence-corrected chi connectivity index (χ2v) is 30.9. The molecule has 104 heavy (non-hydrogen) atoms. The van der Waals surface area contributed by atoms with E-state index in [2.05, 4.69) is 113 Å². The van der Waals surface area contributed by atoms with Crippen LogP contribution >= 0.6 is 15.6 Å². The van der Waals surface area contributed by atoms with Crippen LogP contribution in [0, 0.1) is 0 Å². The third-order valence-electron chi connectivity index (χ3n) is 17.8. The van der Waals surface area contributed by atoms with Crippen molar-refractivity contribution in [1.82, 2.24) is 0 Å². The molecular formula is C85H152O17P2. The molecule has 0 bridgehead atoms. The van der Waals surface area contributed by atoms with Crippen LogP contribution in [0.2, 0.25) is 0 Å². The highest BCUT2D eigenvalue weighted by atomic mass is 31.2. The molecular weight excluding hydrogens is 1350 g/mol. The van der Waals surface area contributed by atoms with Crippen molar-refractivity contribution in [2.75, 3.05) is 39.6 Å². The first-order chi connectivity index (χ1) is 50.7. The van der Waals surface area contributed by atoms with Crippen LogP contribution in [0.15, 0.2) is 85.1 Å². The van der Waals surface area contributed by atoms with Gasteiger partial charge in [0.1, 0.15) is 19.3 Å². The molecule has 0 heterocycles. The Hall–Kier alpha value is -3.76. The van der Waals surface area contributed by atoms with Crippen LogP contribution in [0.1, 0.15) is 374 Å². The Kier molecular flexibility index (Phi) is 74.6. The van der Waals surface area contributed by atoms with Crippen molar-refractivity contribution in [3.63, 3.8) is 0 Å². The van der Waals surface area contributed by atoms with Crippen molar-refractivity contribution >= 4 is 39.5 Å². The number of carbonyl (C=O) groups is 4. The Morgan fingerprint density at radius 2 is 0.500 bits per heavy atom. The first-order valence-corrected chi connectivity index (χ1v) is 44.8. The summed E-state index contributed by atoms with van der Waals surface area (Å²) in [7, 11) is -9.96. The number of phosphoric ester groups is 2. The summed E-state index contributed by atoms with van der Waals surface area (Å²) in [6.45, 7) is 4.77. The van der Waals surface area contributed by atoms with E-state index in [0.717, 1.165) is 154 Å². The molecule has 0 aliphatic carbocycles. The maximum atomic E-state index is 13.1. The topological polar surface area (TPSA) is 237 Å². The molecule has 0 aliphatic rings. The number of esters is 4. The average molecular weight is 1510 g/mol. The highest BCUT2D eigenvalue weighted by molar-refractivity contribution is 7.47. The fourth-order valence-electron chi connectivity index (χ4n) is 11.5. The number of carbonyl (C=O) groups excluding carboxylic acids is 4. The lowest BCUT2D eigenvalue weighted by atomic mass is 10.0. The van der Waals surface area contributed by atoms with Crippen LogP contribution in [0.25, 0.3) is 0 Å². The summed E-state index contributed by atoms with van der Waals surface area (Å²) in [5, 5.41) is 10.7. The predicted octanol–water partition coefficient (Wildman–Crippen LogP) is 24.6. The second-order valence-electron chi connectivity index (χ2n) is 28.0. The molecule has 0 radical (unpaired) electrons. The summed E-state index contributed by atoms with van der Waals surface area (Å²) in [5.74, 6) is -2.20. The molecule has 5 atom stereocenters. The zero-order valence-electron chi connectivity index (χ0n) is 66.2. The predicted molar refractivity (Wildman–Crippen MR) is 427 cm³/mol. The van der Waals surface area contributed by atoms with E-state index in [1.54, 1.807) is 0 Å². The SMILES string of the molecule is CC/C=C\C/C=C\C/C=C\C/C=C\C/C=C\CCCCCC(=O)O[C@H](COC(=O)CCCCCCC/C=C\CCCCCCCC)COP(=O)(O)OC[C@@H](O)COP(=O)(O)OC[C@@H](COC(=O)CCCCCCC/C=C\CCCCCCCC)OC(=O)CCCCCCCCCCCCCCCCC. The van der Waals surface area contributed by atoms with E-state index in [-0.39, 0.29) is 25.7 Å². The van der Waals surface area contributed by atoms with Crippen molar-refractivity contribution in [1.29, 1.82) is 0 Å². The van der Waals surface area contributed by atoms with Gasteiger partial charge in [-0.25, -0.2) is 9.13 Å². The Balaban J connectivity index is 5.39. The van der Waals surface area contributed by atoms with E-state index in [1.165, 1.54) is 141 Å². The van der Waals surface area contributed by atoms with Gasteiger partial charge in [0.2, 0.25) is 0 Å². The Labute approximate surface area is 634 Å². The van der Waals surface area contributed by atoms with E-state index in [0.29, 0.717) is 25.7 Å². The fourth-order valence-corrected chi connectivity index (χ4v) is 13.1. The molecule has 604 valence electrons. The minimum absolute atomic E-state index is 0.0556. The van der Waals surface area contributed by atoms with E-state index < -0.39 is 97.5 Å². The van der Waals surface area contributed by atoms with Crippen LogP contribution < -0.4 is 0 Å². The molecule has 3 N–H and O–H groups in total. The number of phosphoric acid groups is 2. The molecule has 0 spiro atoms. The minimum atomic E-state index is -4.99. The third kappa shape index (κ3) is 76.4. The van der Waals surface area contributed by atoms with Crippen molar-refractivity contribution in [3.8, 4) is 0 Å². The maximum absolute atomic E-state index is 13.1. The molecule has 17 nitrogen and oxygen atoms in total. The van der Waals surface area contributed by atoms with E-state index >= 15 is 0 Å². The highest BCUT2D eigenvalue weighted by Crippen LogP contribution is 2.45. The molecule has 0 aromatic rings. The molecule has 2 unspecified atom stereocenters. The molecule has 0 fully saturated rings. The molecule has 19 heteroatoms. The summed E-state index contributed by atoms with van der Waals surface area (Å²) in [5.41, 5.74) is 0. The first-order valence-electron chi connectivity index (χ1n) is 41.8. The average Bonchev–Trinajstić information content (AvgIpc) is 0.943. The quantitative estimate of drug-likeness (QED) is 0.0169. The number of aliphatic hydroxyl groups is 1. The molecule has 0 amide bonds. The van der Waals surface area contributed by atoms with Crippen molar-refractivity contribution in [2.45, 2.75) is 393 Å². The highest BCUT2D eigenvalue weighted by Gasteiger charge is 2.30. The van der Waals surface area contributed by atoms with Gasteiger partial charge in [0.05, 0.1) is 26.4 Å². The lowest BCUT2D eigenvalue weighted by Crippen LogP contribution is -2.30. The van der Waals surface area contributed by atoms with E-state index in [4.69, 9.17) is 37.0 Å². The van der Waals surface area contributed by atoms with Crippen LogP contribution in [-0.2, 0) is 65.4 Å². The van der Waals surface area contributed by atoms with Crippen LogP contribution in [0.3, 0.4) is 0 Å². The largest absolute Gasteiger partial charge is 0.472 e. The number of aliphatic hydroxyl groups excluding tert-OH is 1. The van der Waals surface area contributed by atoms with Gasteiger partial charge in [0.25, 0.3) is 0 Å².